The molecule has 2 N–H and O–H groups in total. The van der Waals surface area contributed by atoms with E-state index >= 15 is 0 Å². The van der Waals surface area contributed by atoms with E-state index in [0.717, 1.165) is 0 Å². The van der Waals surface area contributed by atoms with Crippen LogP contribution in [0.25, 0.3) is 0 Å². The topological polar surface area (TPSA) is 123 Å². The molecule has 0 unspecified atom stereocenters. The van der Waals surface area contributed by atoms with E-state index in [2.05, 4.69) is 20.3 Å². The molecule has 0 aromatic carbocycles. The number of ether oxygens (including phenoxy) is 1. The molecule has 2 aromatic heterocycles. The highest BCUT2D eigenvalue weighted by Gasteiger charge is 2.11. The molecule has 0 atom stereocenters. The summed E-state index contributed by atoms with van der Waals surface area (Å²) in [6.45, 7) is 2.04. The molecule has 0 spiro atoms. The Morgan fingerprint density at radius 2 is 2.21 bits per heavy atom. The van der Waals surface area contributed by atoms with Crippen molar-refractivity contribution in [3.8, 4) is 0 Å². The number of H-pyrrole nitrogens is 2. The summed E-state index contributed by atoms with van der Waals surface area (Å²) < 4.78 is 6.08. The Labute approximate surface area is 106 Å². The highest BCUT2D eigenvalue weighted by Crippen LogP contribution is 1.98. The number of aromatic nitrogens is 5. The number of nitrogens with zero attached hydrogens (tertiary/aromatic N) is 3. The minimum Gasteiger partial charge on any atom is -0.461 e. The standard InChI is InChI=1S/C10H11N5O4/c1-2-19-9(17)7-5-15(14-13-7)4-6-3-8(16)12-10(18)11-6/h3,5H,2,4H2,1H3,(H2,11,12,16,18). The van der Waals surface area contributed by atoms with E-state index in [0.29, 0.717) is 5.69 Å². The van der Waals surface area contributed by atoms with Crippen molar-refractivity contribution < 1.29 is 9.53 Å². The summed E-state index contributed by atoms with van der Waals surface area (Å²) >= 11 is 0. The second-order valence-electron chi connectivity index (χ2n) is 3.63. The minimum atomic E-state index is -0.603. The van der Waals surface area contributed by atoms with Crippen LogP contribution in [0.2, 0.25) is 0 Å². The molecule has 9 heteroatoms. The summed E-state index contributed by atoms with van der Waals surface area (Å²) in [6, 6.07) is 1.23. The van der Waals surface area contributed by atoms with Gasteiger partial charge in [0.05, 0.1) is 19.3 Å². The molecular weight excluding hydrogens is 254 g/mol. The predicted molar refractivity (Wildman–Crippen MR) is 62.8 cm³/mol. The van der Waals surface area contributed by atoms with Gasteiger partial charge >= 0.3 is 11.7 Å². The Balaban J connectivity index is 2.18. The third-order valence-corrected chi connectivity index (χ3v) is 2.17. The van der Waals surface area contributed by atoms with Gasteiger partial charge < -0.3 is 9.72 Å². The molecule has 2 aromatic rings. The van der Waals surface area contributed by atoms with Crippen LogP contribution < -0.4 is 11.2 Å². The van der Waals surface area contributed by atoms with Crippen LogP contribution in [0.5, 0.6) is 0 Å². The SMILES string of the molecule is CCOC(=O)c1cn(Cc2cc(=O)[nH]c(=O)[nH]2)nn1. The van der Waals surface area contributed by atoms with Gasteiger partial charge in [-0.15, -0.1) is 5.10 Å². The maximum atomic E-state index is 11.4. The van der Waals surface area contributed by atoms with E-state index in [4.69, 9.17) is 4.74 Å². The van der Waals surface area contributed by atoms with Crippen molar-refractivity contribution in [3.05, 3.63) is 44.5 Å². The first-order valence-electron chi connectivity index (χ1n) is 5.48. The third kappa shape index (κ3) is 3.15. The van der Waals surface area contributed by atoms with Crippen molar-refractivity contribution in [3.63, 3.8) is 0 Å². The lowest BCUT2D eigenvalue weighted by Crippen LogP contribution is -2.23. The minimum absolute atomic E-state index is 0.0639. The maximum Gasteiger partial charge on any atom is 0.360 e. The van der Waals surface area contributed by atoms with Gasteiger partial charge in [-0.2, -0.15) is 0 Å². The summed E-state index contributed by atoms with van der Waals surface area (Å²) in [5.74, 6) is -0.576. The number of hydrogen-bond acceptors (Lipinski definition) is 6. The summed E-state index contributed by atoms with van der Waals surface area (Å²) in [5, 5.41) is 7.34. The van der Waals surface area contributed by atoms with E-state index in [1.54, 1.807) is 6.92 Å². The monoisotopic (exact) mass is 265 g/mol. The molecule has 19 heavy (non-hydrogen) atoms. The molecule has 0 amide bonds. The summed E-state index contributed by atoms with van der Waals surface area (Å²) in [6.07, 6.45) is 1.37. The van der Waals surface area contributed by atoms with Gasteiger partial charge in [-0.25, -0.2) is 14.3 Å². The maximum absolute atomic E-state index is 11.4. The molecule has 9 nitrogen and oxygen atoms in total. The molecule has 0 saturated heterocycles. The van der Waals surface area contributed by atoms with Gasteiger partial charge in [0, 0.05) is 11.8 Å². The van der Waals surface area contributed by atoms with Crippen LogP contribution in [-0.2, 0) is 11.3 Å². The Kier molecular flexibility index (Phi) is 3.55. The number of esters is 1. The van der Waals surface area contributed by atoms with Crippen LogP contribution in [-0.4, -0.2) is 37.5 Å². The fourth-order valence-corrected chi connectivity index (χ4v) is 1.45. The molecule has 2 heterocycles. The average Bonchev–Trinajstić information content (AvgIpc) is 2.76. The molecule has 0 aliphatic rings. The first-order valence-corrected chi connectivity index (χ1v) is 5.48. The van der Waals surface area contributed by atoms with E-state index in [1.165, 1.54) is 16.9 Å². The van der Waals surface area contributed by atoms with Crippen molar-refractivity contribution in [2.45, 2.75) is 13.5 Å². The van der Waals surface area contributed by atoms with Gasteiger partial charge in [0.25, 0.3) is 5.56 Å². The van der Waals surface area contributed by atoms with Crippen LogP contribution in [0.15, 0.2) is 21.9 Å². The summed E-state index contributed by atoms with van der Waals surface area (Å²) in [7, 11) is 0. The fourth-order valence-electron chi connectivity index (χ4n) is 1.45. The van der Waals surface area contributed by atoms with Crippen LogP contribution in [0.4, 0.5) is 0 Å². The fraction of sp³-hybridized carbons (Fsp3) is 0.300. The molecule has 0 saturated carbocycles. The Bertz CT molecular complexity index is 670. The van der Waals surface area contributed by atoms with Gasteiger partial charge in [0.2, 0.25) is 0 Å². The van der Waals surface area contributed by atoms with E-state index in [9.17, 15) is 14.4 Å². The average molecular weight is 265 g/mol. The molecule has 100 valence electrons. The van der Waals surface area contributed by atoms with Gasteiger partial charge in [-0.3, -0.25) is 9.78 Å². The van der Waals surface area contributed by atoms with Gasteiger partial charge in [-0.1, -0.05) is 5.21 Å². The number of rotatable bonds is 4. The Morgan fingerprint density at radius 1 is 1.42 bits per heavy atom. The smallest absolute Gasteiger partial charge is 0.360 e. The Hall–Kier alpha value is -2.71. The van der Waals surface area contributed by atoms with Gasteiger partial charge in [0.15, 0.2) is 5.69 Å². The highest BCUT2D eigenvalue weighted by atomic mass is 16.5. The van der Waals surface area contributed by atoms with Gasteiger partial charge in [-0.05, 0) is 6.92 Å². The van der Waals surface area contributed by atoms with Crippen LogP contribution >= 0.6 is 0 Å². The van der Waals surface area contributed by atoms with E-state index in [1.807, 2.05) is 0 Å². The highest BCUT2D eigenvalue weighted by molar-refractivity contribution is 5.86. The van der Waals surface area contributed by atoms with E-state index in [-0.39, 0.29) is 18.8 Å². The largest absolute Gasteiger partial charge is 0.461 e. The summed E-state index contributed by atoms with van der Waals surface area (Å²) in [4.78, 5) is 38.0. The number of aromatic amines is 2. The Morgan fingerprint density at radius 3 is 2.89 bits per heavy atom. The molecule has 0 bridgehead atoms. The number of carbonyl (C=O) groups excluding carboxylic acids is 1. The first kappa shape index (κ1) is 12.7. The second kappa shape index (κ2) is 5.29. The lowest BCUT2D eigenvalue weighted by Gasteiger charge is -1.99. The molecule has 0 fully saturated rings. The molecule has 0 aliphatic carbocycles. The molecule has 0 radical (unpaired) electrons. The summed E-state index contributed by atoms with van der Waals surface area (Å²) in [5.41, 5.74) is -0.694. The molecular formula is C10H11N5O4. The second-order valence-corrected chi connectivity index (χ2v) is 3.63. The van der Waals surface area contributed by atoms with Crippen molar-refractivity contribution in [1.29, 1.82) is 0 Å². The predicted octanol–water partition coefficient (Wildman–Crippen LogP) is -1.12. The van der Waals surface area contributed by atoms with Gasteiger partial charge in [0.1, 0.15) is 0 Å². The number of hydrogen-bond donors (Lipinski definition) is 2. The normalized spacial score (nSPS) is 10.4. The first-order chi connectivity index (χ1) is 9.08. The number of nitrogens with one attached hydrogen (secondary N) is 2. The molecule has 0 aliphatic heterocycles. The van der Waals surface area contributed by atoms with Crippen LogP contribution in [0.3, 0.4) is 0 Å². The van der Waals surface area contributed by atoms with Crippen molar-refractivity contribution >= 4 is 5.97 Å². The lowest BCUT2D eigenvalue weighted by molar-refractivity contribution is 0.0519. The van der Waals surface area contributed by atoms with E-state index < -0.39 is 17.2 Å². The quantitative estimate of drug-likeness (QED) is 0.675. The van der Waals surface area contributed by atoms with Crippen molar-refractivity contribution in [1.82, 2.24) is 25.0 Å². The molecule has 2 rings (SSSR count). The number of carbonyl (C=O) groups is 1. The van der Waals surface area contributed by atoms with Crippen LogP contribution in [0, 0.1) is 0 Å². The van der Waals surface area contributed by atoms with Crippen molar-refractivity contribution in [2.24, 2.45) is 0 Å². The zero-order valence-electron chi connectivity index (χ0n) is 10.0. The third-order valence-electron chi connectivity index (χ3n) is 2.17. The zero-order chi connectivity index (χ0) is 13.8. The van der Waals surface area contributed by atoms with Crippen LogP contribution in [0.1, 0.15) is 23.1 Å². The lowest BCUT2D eigenvalue weighted by atomic mass is 10.4. The zero-order valence-corrected chi connectivity index (χ0v) is 10.0. The van der Waals surface area contributed by atoms with Crippen molar-refractivity contribution in [2.75, 3.05) is 6.61 Å².